The summed E-state index contributed by atoms with van der Waals surface area (Å²) in [4.78, 5) is 13.1. The highest BCUT2D eigenvalue weighted by atomic mass is 35.5. The van der Waals surface area contributed by atoms with E-state index in [1.807, 2.05) is 0 Å². The van der Waals surface area contributed by atoms with Gasteiger partial charge < -0.3 is 5.11 Å². The largest absolute Gasteiger partial charge is 0.481 e. The molecule has 19 heavy (non-hydrogen) atoms. The molecule has 0 spiro atoms. The zero-order valence-corrected chi connectivity index (χ0v) is 11.5. The predicted octanol–water partition coefficient (Wildman–Crippen LogP) is 3.16. The molecule has 5 heteroatoms. The van der Waals surface area contributed by atoms with Crippen LogP contribution < -0.4 is 0 Å². The van der Waals surface area contributed by atoms with Crippen LogP contribution in [0.1, 0.15) is 25.3 Å². The van der Waals surface area contributed by atoms with Crippen molar-refractivity contribution < 1.29 is 14.3 Å². The molecular weight excluding hydrogens is 269 g/mol. The third-order valence-electron chi connectivity index (χ3n) is 3.73. The standard InChI is InChI=1S/C14H17ClFNO2/c1-9-2-4-11(14(18)19)8-17(9)7-10-3-5-12(15)13(16)6-10/h3,5-6,9,11H,2,4,7-8H2,1H3,(H,18,19). The van der Waals surface area contributed by atoms with E-state index in [1.54, 1.807) is 6.07 Å². The van der Waals surface area contributed by atoms with E-state index in [0.717, 1.165) is 12.0 Å². The van der Waals surface area contributed by atoms with Gasteiger partial charge >= 0.3 is 5.97 Å². The predicted molar refractivity (Wildman–Crippen MR) is 71.6 cm³/mol. The Kier molecular flexibility index (Phi) is 4.42. The molecule has 1 heterocycles. The lowest BCUT2D eigenvalue weighted by Gasteiger charge is -2.36. The van der Waals surface area contributed by atoms with Crippen LogP contribution in [0.15, 0.2) is 18.2 Å². The van der Waals surface area contributed by atoms with Crippen LogP contribution >= 0.6 is 11.6 Å². The van der Waals surface area contributed by atoms with Gasteiger partial charge in [-0.3, -0.25) is 9.69 Å². The van der Waals surface area contributed by atoms with Crippen molar-refractivity contribution in [2.75, 3.05) is 6.54 Å². The molecule has 1 saturated heterocycles. The van der Waals surface area contributed by atoms with Crippen molar-refractivity contribution in [1.82, 2.24) is 4.90 Å². The average molecular weight is 286 g/mol. The van der Waals surface area contributed by atoms with Gasteiger partial charge in [-0.1, -0.05) is 17.7 Å². The summed E-state index contributed by atoms with van der Waals surface area (Å²) in [5.74, 6) is -1.51. The Balaban J connectivity index is 2.07. The second-order valence-corrected chi connectivity index (χ2v) is 5.55. The number of piperidine rings is 1. The van der Waals surface area contributed by atoms with Gasteiger partial charge in [0.2, 0.25) is 0 Å². The first-order valence-corrected chi connectivity index (χ1v) is 6.76. The van der Waals surface area contributed by atoms with E-state index in [-0.39, 0.29) is 10.9 Å². The molecule has 0 aliphatic carbocycles. The van der Waals surface area contributed by atoms with Crippen LogP contribution in [0.4, 0.5) is 4.39 Å². The molecule has 1 aliphatic rings. The highest BCUT2D eigenvalue weighted by Crippen LogP contribution is 2.25. The van der Waals surface area contributed by atoms with Crippen molar-refractivity contribution in [2.24, 2.45) is 5.92 Å². The Hall–Kier alpha value is -1.13. The maximum absolute atomic E-state index is 13.4. The number of likely N-dealkylation sites (tertiary alicyclic amines) is 1. The lowest BCUT2D eigenvalue weighted by Crippen LogP contribution is -2.43. The number of benzene rings is 1. The minimum Gasteiger partial charge on any atom is -0.481 e. The third kappa shape index (κ3) is 3.45. The molecule has 0 amide bonds. The van der Waals surface area contributed by atoms with Gasteiger partial charge in [-0.05, 0) is 37.5 Å². The maximum atomic E-state index is 13.4. The first kappa shape index (κ1) is 14.3. The number of carbonyl (C=O) groups is 1. The summed E-state index contributed by atoms with van der Waals surface area (Å²) in [7, 11) is 0. The minimum atomic E-state index is -0.751. The van der Waals surface area contributed by atoms with Crippen LogP contribution in [0, 0.1) is 11.7 Å². The van der Waals surface area contributed by atoms with E-state index in [4.69, 9.17) is 16.7 Å². The molecule has 1 aliphatic heterocycles. The van der Waals surface area contributed by atoms with Gasteiger partial charge in [0.25, 0.3) is 0 Å². The van der Waals surface area contributed by atoms with Crippen LogP contribution in [0.2, 0.25) is 5.02 Å². The normalized spacial score (nSPS) is 24.4. The second-order valence-electron chi connectivity index (χ2n) is 5.14. The molecule has 0 bridgehead atoms. The SMILES string of the molecule is CC1CCC(C(=O)O)CN1Cc1ccc(Cl)c(F)c1. The molecular formula is C14H17ClFNO2. The Morgan fingerprint density at radius 3 is 2.89 bits per heavy atom. The number of halogens is 2. The highest BCUT2D eigenvalue weighted by molar-refractivity contribution is 6.30. The number of carboxylic acids is 1. The molecule has 104 valence electrons. The van der Waals surface area contributed by atoms with Crippen molar-refractivity contribution in [3.05, 3.63) is 34.6 Å². The molecule has 0 aromatic heterocycles. The van der Waals surface area contributed by atoms with E-state index in [0.29, 0.717) is 25.6 Å². The fourth-order valence-corrected chi connectivity index (χ4v) is 2.59. The van der Waals surface area contributed by atoms with E-state index in [2.05, 4.69) is 11.8 Å². The van der Waals surface area contributed by atoms with Crippen LogP contribution in [0.25, 0.3) is 0 Å². The van der Waals surface area contributed by atoms with Crippen molar-refractivity contribution in [1.29, 1.82) is 0 Å². The summed E-state index contributed by atoms with van der Waals surface area (Å²) in [5, 5.41) is 9.19. The molecule has 1 aromatic rings. The van der Waals surface area contributed by atoms with Gasteiger partial charge in [0.05, 0.1) is 10.9 Å². The molecule has 1 N–H and O–H groups in total. The molecule has 2 rings (SSSR count). The van der Waals surface area contributed by atoms with Gasteiger partial charge in [-0.2, -0.15) is 0 Å². The summed E-state index contributed by atoms with van der Waals surface area (Å²) in [6, 6.07) is 5.05. The van der Waals surface area contributed by atoms with Crippen LogP contribution in [-0.4, -0.2) is 28.6 Å². The van der Waals surface area contributed by atoms with E-state index >= 15 is 0 Å². The number of carboxylic acid groups (broad SMARTS) is 1. The number of hydrogen-bond acceptors (Lipinski definition) is 2. The van der Waals surface area contributed by atoms with E-state index in [1.165, 1.54) is 12.1 Å². The van der Waals surface area contributed by atoms with Gasteiger partial charge in [-0.25, -0.2) is 4.39 Å². The minimum absolute atomic E-state index is 0.110. The second kappa shape index (κ2) is 5.88. The van der Waals surface area contributed by atoms with Gasteiger partial charge in [0.15, 0.2) is 0 Å². The van der Waals surface area contributed by atoms with E-state index in [9.17, 15) is 9.18 Å². The average Bonchev–Trinajstić information content (AvgIpc) is 2.36. The maximum Gasteiger partial charge on any atom is 0.307 e. The summed E-state index contributed by atoms with van der Waals surface area (Å²) >= 11 is 5.65. The molecule has 1 fully saturated rings. The molecule has 2 atom stereocenters. The Bertz CT molecular complexity index is 481. The third-order valence-corrected chi connectivity index (χ3v) is 4.04. The van der Waals surface area contributed by atoms with Crippen molar-refractivity contribution >= 4 is 17.6 Å². The zero-order chi connectivity index (χ0) is 14.0. The number of hydrogen-bond donors (Lipinski definition) is 1. The first-order valence-electron chi connectivity index (χ1n) is 6.38. The topological polar surface area (TPSA) is 40.5 Å². The molecule has 3 nitrogen and oxygen atoms in total. The molecule has 0 radical (unpaired) electrons. The lowest BCUT2D eigenvalue weighted by molar-refractivity contribution is -0.144. The van der Waals surface area contributed by atoms with Gasteiger partial charge in [0, 0.05) is 19.1 Å². The molecule has 2 unspecified atom stereocenters. The van der Waals surface area contributed by atoms with Crippen LogP contribution in [0.3, 0.4) is 0 Å². The lowest BCUT2D eigenvalue weighted by atomic mass is 9.93. The highest BCUT2D eigenvalue weighted by Gasteiger charge is 2.29. The smallest absolute Gasteiger partial charge is 0.307 e. The fourth-order valence-electron chi connectivity index (χ4n) is 2.47. The quantitative estimate of drug-likeness (QED) is 0.927. The summed E-state index contributed by atoms with van der Waals surface area (Å²) in [5.41, 5.74) is 0.819. The van der Waals surface area contributed by atoms with Gasteiger partial charge in [0.1, 0.15) is 5.82 Å². The van der Waals surface area contributed by atoms with Crippen molar-refractivity contribution in [3.63, 3.8) is 0 Å². The van der Waals surface area contributed by atoms with E-state index < -0.39 is 11.8 Å². The Morgan fingerprint density at radius 2 is 2.26 bits per heavy atom. The molecule has 1 aromatic carbocycles. The number of rotatable bonds is 3. The monoisotopic (exact) mass is 285 g/mol. The van der Waals surface area contributed by atoms with Crippen molar-refractivity contribution in [2.45, 2.75) is 32.4 Å². The van der Waals surface area contributed by atoms with Gasteiger partial charge in [-0.15, -0.1) is 0 Å². The first-order chi connectivity index (χ1) is 8.97. The Labute approximate surface area is 117 Å². The Morgan fingerprint density at radius 1 is 1.53 bits per heavy atom. The number of nitrogens with zero attached hydrogens (tertiary/aromatic N) is 1. The number of aliphatic carboxylic acids is 1. The van der Waals surface area contributed by atoms with Crippen molar-refractivity contribution in [3.8, 4) is 0 Å². The zero-order valence-electron chi connectivity index (χ0n) is 10.8. The fraction of sp³-hybridized carbons (Fsp3) is 0.500. The molecule has 0 saturated carbocycles. The summed E-state index contributed by atoms with van der Waals surface area (Å²) < 4.78 is 13.4. The summed E-state index contributed by atoms with van der Waals surface area (Å²) in [6.07, 6.45) is 1.56. The summed E-state index contributed by atoms with van der Waals surface area (Å²) in [6.45, 7) is 3.14. The van der Waals surface area contributed by atoms with Crippen LogP contribution in [-0.2, 0) is 11.3 Å². The van der Waals surface area contributed by atoms with Crippen LogP contribution in [0.5, 0.6) is 0 Å².